The minimum atomic E-state index is 0.626. The van der Waals surface area contributed by atoms with Gasteiger partial charge in [-0.1, -0.05) is 13.8 Å². The van der Waals surface area contributed by atoms with Crippen LogP contribution in [-0.4, -0.2) is 24.1 Å². The molecule has 2 heterocycles. The third-order valence-corrected chi connectivity index (χ3v) is 5.15. The molecule has 1 aliphatic carbocycles. The van der Waals surface area contributed by atoms with Gasteiger partial charge in [-0.3, -0.25) is 0 Å². The lowest BCUT2D eigenvalue weighted by Gasteiger charge is -2.33. The number of nitrogens with one attached hydrogen (secondary N) is 1. The van der Waals surface area contributed by atoms with Crippen LogP contribution in [0.25, 0.3) is 0 Å². The van der Waals surface area contributed by atoms with E-state index in [2.05, 4.69) is 41.2 Å². The third-order valence-electron chi connectivity index (χ3n) is 5.15. The zero-order valence-electron chi connectivity index (χ0n) is 12.8. The molecule has 3 unspecified atom stereocenters. The van der Waals surface area contributed by atoms with E-state index in [1.54, 1.807) is 0 Å². The van der Waals surface area contributed by atoms with Crippen LogP contribution in [0.4, 0.5) is 11.5 Å². The Morgan fingerprint density at radius 3 is 2.55 bits per heavy atom. The average molecular weight is 273 g/mol. The molecule has 2 aliphatic rings. The number of anilines is 2. The summed E-state index contributed by atoms with van der Waals surface area (Å²) in [5.74, 6) is 2.85. The van der Waals surface area contributed by atoms with Crippen LogP contribution in [0.3, 0.4) is 0 Å². The van der Waals surface area contributed by atoms with Crippen molar-refractivity contribution in [1.82, 2.24) is 4.98 Å². The van der Waals surface area contributed by atoms with Gasteiger partial charge in [0.25, 0.3) is 0 Å². The maximum atomic E-state index is 4.62. The van der Waals surface area contributed by atoms with Crippen LogP contribution in [0.15, 0.2) is 18.3 Å². The van der Waals surface area contributed by atoms with Crippen molar-refractivity contribution in [2.45, 2.75) is 52.0 Å². The molecule has 20 heavy (non-hydrogen) atoms. The summed E-state index contributed by atoms with van der Waals surface area (Å²) in [5, 5.41) is 3.67. The molecule has 1 aliphatic heterocycles. The molecular weight excluding hydrogens is 246 g/mol. The van der Waals surface area contributed by atoms with Crippen LogP contribution in [0, 0.1) is 11.8 Å². The van der Waals surface area contributed by atoms with E-state index < -0.39 is 0 Å². The predicted molar refractivity (Wildman–Crippen MR) is 85.3 cm³/mol. The van der Waals surface area contributed by atoms with E-state index in [-0.39, 0.29) is 0 Å². The Hall–Kier alpha value is -1.25. The van der Waals surface area contributed by atoms with Crippen molar-refractivity contribution in [3.8, 4) is 0 Å². The first-order valence-corrected chi connectivity index (χ1v) is 8.20. The first-order valence-electron chi connectivity index (χ1n) is 8.20. The number of nitrogens with zero attached hydrogens (tertiary/aromatic N) is 2. The first kappa shape index (κ1) is 13.7. The van der Waals surface area contributed by atoms with Gasteiger partial charge in [0.15, 0.2) is 0 Å². The van der Waals surface area contributed by atoms with Crippen molar-refractivity contribution >= 4 is 11.5 Å². The SMILES string of the molecule is CC1CCC(Nc2ccc(N3CCCC3)nc2)CC1C. The van der Waals surface area contributed by atoms with Gasteiger partial charge in [-0.05, 0) is 56.1 Å². The largest absolute Gasteiger partial charge is 0.381 e. The summed E-state index contributed by atoms with van der Waals surface area (Å²) in [4.78, 5) is 7.01. The summed E-state index contributed by atoms with van der Waals surface area (Å²) in [6.45, 7) is 7.09. The molecule has 3 rings (SSSR count). The van der Waals surface area contributed by atoms with Gasteiger partial charge in [-0.15, -0.1) is 0 Å². The number of aromatic nitrogens is 1. The van der Waals surface area contributed by atoms with Crippen molar-refractivity contribution in [3.05, 3.63) is 18.3 Å². The fourth-order valence-corrected chi connectivity index (χ4v) is 3.52. The second-order valence-corrected chi connectivity index (χ2v) is 6.71. The lowest BCUT2D eigenvalue weighted by atomic mass is 9.79. The highest BCUT2D eigenvalue weighted by Gasteiger charge is 2.24. The molecule has 0 aromatic carbocycles. The van der Waals surface area contributed by atoms with Crippen LogP contribution in [-0.2, 0) is 0 Å². The van der Waals surface area contributed by atoms with Crippen molar-refractivity contribution in [3.63, 3.8) is 0 Å². The maximum absolute atomic E-state index is 4.62. The zero-order chi connectivity index (χ0) is 13.9. The minimum Gasteiger partial charge on any atom is -0.381 e. The minimum absolute atomic E-state index is 0.626. The molecular formula is C17H27N3. The summed E-state index contributed by atoms with van der Waals surface area (Å²) in [6, 6.07) is 4.99. The fraction of sp³-hybridized carbons (Fsp3) is 0.706. The Bertz CT molecular complexity index is 422. The third kappa shape index (κ3) is 3.08. The van der Waals surface area contributed by atoms with Crippen LogP contribution in [0.5, 0.6) is 0 Å². The van der Waals surface area contributed by atoms with E-state index in [9.17, 15) is 0 Å². The highest BCUT2D eigenvalue weighted by Crippen LogP contribution is 2.31. The molecule has 0 spiro atoms. The summed E-state index contributed by atoms with van der Waals surface area (Å²) in [7, 11) is 0. The summed E-state index contributed by atoms with van der Waals surface area (Å²) in [5.41, 5.74) is 1.18. The Morgan fingerprint density at radius 1 is 1.10 bits per heavy atom. The molecule has 3 atom stereocenters. The lowest BCUT2D eigenvalue weighted by molar-refractivity contribution is 0.261. The van der Waals surface area contributed by atoms with Crippen molar-refractivity contribution in [1.29, 1.82) is 0 Å². The summed E-state index contributed by atoms with van der Waals surface area (Å²) in [6.07, 6.45) is 8.54. The van der Waals surface area contributed by atoms with E-state index in [0.717, 1.165) is 30.7 Å². The molecule has 1 saturated heterocycles. The normalized spacial score (nSPS) is 30.5. The highest BCUT2D eigenvalue weighted by atomic mass is 15.2. The lowest BCUT2D eigenvalue weighted by Crippen LogP contribution is -2.30. The first-order chi connectivity index (χ1) is 9.72. The molecule has 1 aromatic heterocycles. The summed E-state index contributed by atoms with van der Waals surface area (Å²) >= 11 is 0. The van der Waals surface area contributed by atoms with Gasteiger partial charge in [-0.25, -0.2) is 4.98 Å². The molecule has 3 heteroatoms. The van der Waals surface area contributed by atoms with Gasteiger partial charge in [0, 0.05) is 19.1 Å². The van der Waals surface area contributed by atoms with Crippen LogP contribution >= 0.6 is 0 Å². The Kier molecular flexibility index (Phi) is 4.13. The number of pyridine rings is 1. The molecule has 1 N–H and O–H groups in total. The molecule has 1 aromatic rings. The van der Waals surface area contributed by atoms with E-state index in [1.165, 1.54) is 37.8 Å². The van der Waals surface area contributed by atoms with Crippen LogP contribution < -0.4 is 10.2 Å². The molecule has 110 valence electrons. The van der Waals surface area contributed by atoms with Crippen LogP contribution in [0.2, 0.25) is 0 Å². The Labute approximate surface area is 122 Å². The number of hydrogen-bond acceptors (Lipinski definition) is 3. The molecule has 0 radical (unpaired) electrons. The maximum Gasteiger partial charge on any atom is 0.128 e. The van der Waals surface area contributed by atoms with E-state index >= 15 is 0 Å². The van der Waals surface area contributed by atoms with Crippen molar-refractivity contribution in [2.75, 3.05) is 23.3 Å². The zero-order valence-corrected chi connectivity index (χ0v) is 12.8. The van der Waals surface area contributed by atoms with Gasteiger partial charge in [0.05, 0.1) is 11.9 Å². The predicted octanol–water partition coefficient (Wildman–Crippen LogP) is 3.92. The molecule has 0 bridgehead atoms. The number of rotatable bonds is 3. The highest BCUT2D eigenvalue weighted by molar-refractivity contribution is 5.49. The standard InChI is InChI=1S/C17H27N3/c1-13-5-6-15(11-14(13)2)19-16-7-8-17(18-12-16)20-9-3-4-10-20/h7-8,12-15,19H,3-6,9-11H2,1-2H3. The fourth-order valence-electron chi connectivity index (χ4n) is 3.52. The van der Waals surface area contributed by atoms with Gasteiger partial charge in [-0.2, -0.15) is 0 Å². The van der Waals surface area contributed by atoms with E-state index in [4.69, 9.17) is 0 Å². The van der Waals surface area contributed by atoms with Crippen molar-refractivity contribution in [2.24, 2.45) is 11.8 Å². The average Bonchev–Trinajstić information content (AvgIpc) is 2.98. The molecule has 0 amide bonds. The topological polar surface area (TPSA) is 28.2 Å². The molecule has 1 saturated carbocycles. The number of hydrogen-bond donors (Lipinski definition) is 1. The molecule has 2 fully saturated rings. The quantitative estimate of drug-likeness (QED) is 0.904. The van der Waals surface area contributed by atoms with Crippen LogP contribution in [0.1, 0.15) is 46.0 Å². The van der Waals surface area contributed by atoms with E-state index in [1.807, 2.05) is 6.20 Å². The smallest absolute Gasteiger partial charge is 0.128 e. The second kappa shape index (κ2) is 6.02. The molecule has 3 nitrogen and oxygen atoms in total. The Balaban J connectivity index is 1.58. The Morgan fingerprint density at radius 2 is 1.90 bits per heavy atom. The van der Waals surface area contributed by atoms with Gasteiger partial charge >= 0.3 is 0 Å². The summed E-state index contributed by atoms with van der Waals surface area (Å²) < 4.78 is 0. The second-order valence-electron chi connectivity index (χ2n) is 6.71. The van der Waals surface area contributed by atoms with Gasteiger partial charge in [0.1, 0.15) is 5.82 Å². The van der Waals surface area contributed by atoms with Gasteiger partial charge in [0.2, 0.25) is 0 Å². The monoisotopic (exact) mass is 273 g/mol. The van der Waals surface area contributed by atoms with E-state index in [0.29, 0.717) is 6.04 Å². The van der Waals surface area contributed by atoms with Crippen molar-refractivity contribution < 1.29 is 0 Å². The van der Waals surface area contributed by atoms with Gasteiger partial charge < -0.3 is 10.2 Å².